The number of hydrogen-bond acceptors (Lipinski definition) is 4. The molecule has 0 spiro atoms. The summed E-state index contributed by atoms with van der Waals surface area (Å²) in [5.41, 5.74) is 0.650. The van der Waals surface area contributed by atoms with E-state index in [1.807, 2.05) is 0 Å². The first-order chi connectivity index (χ1) is 11.4. The number of benzene rings is 1. The molecule has 7 heteroatoms. The van der Waals surface area contributed by atoms with Gasteiger partial charge < -0.3 is 9.84 Å². The van der Waals surface area contributed by atoms with Gasteiger partial charge in [-0.05, 0) is 49.8 Å². The van der Waals surface area contributed by atoms with Gasteiger partial charge in [-0.3, -0.25) is 0 Å². The number of halogens is 1. The van der Waals surface area contributed by atoms with E-state index in [1.165, 1.54) is 12.1 Å². The Labute approximate surface area is 142 Å². The number of sulfonamides is 1. The third-order valence-electron chi connectivity index (χ3n) is 3.81. The maximum Gasteiger partial charge on any atom is 0.212 e. The number of allylic oxidation sites excluding steroid dienone is 1. The lowest BCUT2D eigenvalue weighted by Gasteiger charge is -2.16. The van der Waals surface area contributed by atoms with Gasteiger partial charge in [0.25, 0.3) is 0 Å². The number of rotatable bonds is 10. The number of nitrogens with one attached hydrogen (secondary N) is 1. The highest BCUT2D eigenvalue weighted by atomic mass is 32.2. The molecule has 1 aliphatic carbocycles. The minimum Gasteiger partial charge on any atom is -0.490 e. The normalized spacial score (nSPS) is 16.5. The molecule has 5 nitrogen and oxygen atoms in total. The molecule has 0 bridgehead atoms. The summed E-state index contributed by atoms with van der Waals surface area (Å²) in [4.78, 5) is 0. The fraction of sp³-hybridized carbons (Fsp3) is 0.529. The molecule has 1 aliphatic rings. The van der Waals surface area contributed by atoms with Crippen molar-refractivity contribution in [2.45, 2.75) is 32.2 Å². The molecular weight excluding hydrogens is 333 g/mol. The molecule has 0 aromatic heterocycles. The van der Waals surface area contributed by atoms with Crippen molar-refractivity contribution in [3.63, 3.8) is 0 Å². The summed E-state index contributed by atoms with van der Waals surface area (Å²) < 4.78 is 45.9. The van der Waals surface area contributed by atoms with E-state index in [9.17, 15) is 12.8 Å². The standard InChI is InChI=1S/C17H24FNO4S/c1-13(19-24(21,22)10-4-2-3-9-20)15-7-8-16(18)17(11-15)23-12-14-5-6-14/h2-3,7-8,11,13-14,19-20H,4-6,9-10,12H2,1H3/b3-2+/t13-/m1/s1. The van der Waals surface area contributed by atoms with Crippen molar-refractivity contribution in [1.82, 2.24) is 4.72 Å². The van der Waals surface area contributed by atoms with Gasteiger partial charge in [-0.2, -0.15) is 0 Å². The highest BCUT2D eigenvalue weighted by molar-refractivity contribution is 7.89. The lowest BCUT2D eigenvalue weighted by molar-refractivity contribution is 0.285. The maximum absolute atomic E-state index is 13.8. The Hall–Kier alpha value is -1.44. The molecule has 134 valence electrons. The SMILES string of the molecule is C[C@@H](NS(=O)(=O)CC/C=C/CO)c1ccc(F)c(OCC2CC2)c1. The highest BCUT2D eigenvalue weighted by Crippen LogP contribution is 2.31. The average Bonchev–Trinajstić information content (AvgIpc) is 3.34. The largest absolute Gasteiger partial charge is 0.490 e. The van der Waals surface area contributed by atoms with E-state index in [0.717, 1.165) is 12.8 Å². The molecule has 1 fully saturated rings. The Morgan fingerprint density at radius 3 is 2.83 bits per heavy atom. The number of ether oxygens (including phenoxy) is 1. The van der Waals surface area contributed by atoms with E-state index >= 15 is 0 Å². The highest BCUT2D eigenvalue weighted by Gasteiger charge is 2.23. The lowest BCUT2D eigenvalue weighted by Crippen LogP contribution is -2.29. The molecule has 0 radical (unpaired) electrons. The summed E-state index contributed by atoms with van der Waals surface area (Å²) in [5, 5.41) is 8.63. The van der Waals surface area contributed by atoms with E-state index in [1.54, 1.807) is 25.1 Å². The fourth-order valence-corrected chi connectivity index (χ4v) is 3.44. The molecule has 0 aliphatic heterocycles. The fourth-order valence-electron chi connectivity index (χ4n) is 2.20. The Morgan fingerprint density at radius 1 is 1.42 bits per heavy atom. The van der Waals surface area contributed by atoms with Crippen molar-refractivity contribution in [3.05, 3.63) is 41.7 Å². The Bertz CT molecular complexity index is 671. The molecule has 0 unspecified atom stereocenters. The van der Waals surface area contributed by atoms with Gasteiger partial charge in [-0.1, -0.05) is 18.2 Å². The van der Waals surface area contributed by atoms with Crippen LogP contribution in [0.1, 0.15) is 37.8 Å². The van der Waals surface area contributed by atoms with E-state index in [-0.39, 0.29) is 18.1 Å². The third-order valence-corrected chi connectivity index (χ3v) is 5.29. The van der Waals surface area contributed by atoms with Crippen LogP contribution in [0.4, 0.5) is 4.39 Å². The summed E-state index contributed by atoms with van der Waals surface area (Å²) >= 11 is 0. The summed E-state index contributed by atoms with van der Waals surface area (Å²) in [5.74, 6) is 0.163. The van der Waals surface area contributed by atoms with Gasteiger partial charge >= 0.3 is 0 Å². The molecule has 2 N–H and O–H groups in total. The van der Waals surface area contributed by atoms with Gasteiger partial charge in [0.1, 0.15) is 0 Å². The first-order valence-corrected chi connectivity index (χ1v) is 9.74. The topological polar surface area (TPSA) is 75.6 Å². The smallest absolute Gasteiger partial charge is 0.212 e. The molecule has 1 aromatic carbocycles. The predicted molar refractivity (Wildman–Crippen MR) is 90.8 cm³/mol. The molecule has 0 saturated heterocycles. The molecule has 24 heavy (non-hydrogen) atoms. The van der Waals surface area contributed by atoms with E-state index in [2.05, 4.69) is 4.72 Å². The van der Waals surface area contributed by atoms with Crippen LogP contribution in [0.5, 0.6) is 5.75 Å². The van der Waals surface area contributed by atoms with Gasteiger partial charge in [-0.25, -0.2) is 17.5 Å². The van der Waals surface area contributed by atoms with Gasteiger partial charge in [-0.15, -0.1) is 0 Å². The zero-order valence-electron chi connectivity index (χ0n) is 13.7. The first-order valence-electron chi connectivity index (χ1n) is 8.09. The van der Waals surface area contributed by atoms with Crippen molar-refractivity contribution in [1.29, 1.82) is 0 Å². The van der Waals surface area contributed by atoms with Crippen LogP contribution < -0.4 is 9.46 Å². The van der Waals surface area contributed by atoms with Crippen LogP contribution in [0.3, 0.4) is 0 Å². The lowest BCUT2D eigenvalue weighted by atomic mass is 10.1. The summed E-state index contributed by atoms with van der Waals surface area (Å²) in [6.45, 7) is 2.10. The zero-order chi connectivity index (χ0) is 17.6. The predicted octanol–water partition coefficient (Wildman–Crippen LogP) is 2.53. The number of aliphatic hydroxyl groups is 1. The van der Waals surface area contributed by atoms with Crippen molar-refractivity contribution in [2.24, 2.45) is 5.92 Å². The first kappa shape index (κ1) is 18.9. The molecule has 0 amide bonds. The van der Waals surface area contributed by atoms with Crippen LogP contribution in [-0.4, -0.2) is 32.5 Å². The van der Waals surface area contributed by atoms with Gasteiger partial charge in [0.05, 0.1) is 19.0 Å². The second-order valence-electron chi connectivity index (χ2n) is 6.05. The molecule has 2 rings (SSSR count). The summed E-state index contributed by atoms with van der Waals surface area (Å²) in [7, 11) is -3.47. The molecule has 1 atom stereocenters. The quantitative estimate of drug-likeness (QED) is 0.631. The van der Waals surface area contributed by atoms with Crippen molar-refractivity contribution in [3.8, 4) is 5.75 Å². The Balaban J connectivity index is 1.96. The molecule has 1 saturated carbocycles. The second-order valence-corrected chi connectivity index (χ2v) is 7.92. The van der Waals surface area contributed by atoms with Crippen LogP contribution in [-0.2, 0) is 10.0 Å². The van der Waals surface area contributed by atoms with Crippen LogP contribution in [0.2, 0.25) is 0 Å². The van der Waals surface area contributed by atoms with Gasteiger partial charge in [0.15, 0.2) is 11.6 Å². The van der Waals surface area contributed by atoms with Crippen LogP contribution in [0.15, 0.2) is 30.4 Å². The maximum atomic E-state index is 13.8. The minimum absolute atomic E-state index is 0.0694. The van der Waals surface area contributed by atoms with Crippen LogP contribution >= 0.6 is 0 Å². The number of aliphatic hydroxyl groups excluding tert-OH is 1. The van der Waals surface area contributed by atoms with E-state index in [4.69, 9.17) is 9.84 Å². The molecule has 1 aromatic rings. The van der Waals surface area contributed by atoms with Crippen LogP contribution in [0.25, 0.3) is 0 Å². The Morgan fingerprint density at radius 2 is 2.17 bits per heavy atom. The monoisotopic (exact) mass is 357 g/mol. The van der Waals surface area contributed by atoms with Crippen molar-refractivity contribution in [2.75, 3.05) is 19.0 Å². The zero-order valence-corrected chi connectivity index (χ0v) is 14.6. The Kier molecular flexibility index (Phi) is 6.77. The second kappa shape index (κ2) is 8.60. The number of hydrogen-bond donors (Lipinski definition) is 2. The minimum atomic E-state index is -3.47. The van der Waals surface area contributed by atoms with Crippen molar-refractivity contribution >= 4 is 10.0 Å². The van der Waals surface area contributed by atoms with E-state index < -0.39 is 21.9 Å². The average molecular weight is 357 g/mol. The third kappa shape index (κ3) is 6.22. The summed E-state index contributed by atoms with van der Waals surface area (Å²) in [6.07, 6.45) is 5.67. The molecular formula is C17H24FNO4S. The van der Waals surface area contributed by atoms with Gasteiger partial charge in [0, 0.05) is 6.04 Å². The molecule has 0 heterocycles. The van der Waals surface area contributed by atoms with Crippen molar-refractivity contribution < 1.29 is 22.7 Å². The van der Waals surface area contributed by atoms with E-state index in [0.29, 0.717) is 24.5 Å². The summed E-state index contributed by atoms with van der Waals surface area (Å²) in [6, 6.07) is 3.92. The van der Waals surface area contributed by atoms with Crippen LogP contribution in [0, 0.1) is 11.7 Å². The van der Waals surface area contributed by atoms with Gasteiger partial charge in [0.2, 0.25) is 10.0 Å².